The molecule has 1 aliphatic rings. The average molecular weight is 418 g/mol. The molecular weight excluding hydrogens is 398 g/mol. The number of esters is 1. The van der Waals surface area contributed by atoms with E-state index in [1.165, 1.54) is 6.92 Å². The van der Waals surface area contributed by atoms with E-state index in [2.05, 4.69) is 5.32 Å². The number of nitrogens with one attached hydrogen (secondary N) is 1. The Kier molecular flexibility index (Phi) is 6.72. The second-order valence-corrected chi connectivity index (χ2v) is 6.85. The van der Waals surface area contributed by atoms with Gasteiger partial charge in [-0.05, 0) is 49.4 Å². The zero-order valence-corrected chi connectivity index (χ0v) is 16.5. The first kappa shape index (κ1) is 20.7. The SMILES string of the molecule is CC(OC(=O)CCC(=O)c1ccc2c(c1)OCCO2)C(=O)Nc1ccc(Cl)cc1. The first-order chi connectivity index (χ1) is 13.9. The molecule has 0 spiro atoms. The highest BCUT2D eigenvalue weighted by Crippen LogP contribution is 2.31. The zero-order chi connectivity index (χ0) is 20.8. The highest BCUT2D eigenvalue weighted by molar-refractivity contribution is 6.30. The van der Waals surface area contributed by atoms with Crippen LogP contribution in [0.1, 0.15) is 30.1 Å². The summed E-state index contributed by atoms with van der Waals surface area (Å²) in [4.78, 5) is 36.5. The van der Waals surface area contributed by atoms with Gasteiger partial charge in [0.05, 0.1) is 6.42 Å². The van der Waals surface area contributed by atoms with Crippen molar-refractivity contribution in [2.45, 2.75) is 25.9 Å². The molecule has 1 N–H and O–H groups in total. The maximum absolute atomic E-state index is 12.3. The van der Waals surface area contributed by atoms with Crippen LogP contribution in [0.2, 0.25) is 5.02 Å². The van der Waals surface area contributed by atoms with Gasteiger partial charge in [0.1, 0.15) is 13.2 Å². The Morgan fingerprint density at radius 3 is 2.45 bits per heavy atom. The number of hydrogen-bond acceptors (Lipinski definition) is 6. The smallest absolute Gasteiger partial charge is 0.307 e. The number of carbonyl (C=O) groups is 3. The maximum atomic E-state index is 12.3. The van der Waals surface area contributed by atoms with Gasteiger partial charge in [0.2, 0.25) is 0 Å². The summed E-state index contributed by atoms with van der Waals surface area (Å²) < 4.78 is 16.0. The van der Waals surface area contributed by atoms with Gasteiger partial charge in [-0.1, -0.05) is 11.6 Å². The lowest BCUT2D eigenvalue weighted by Gasteiger charge is -2.18. The molecule has 0 fully saturated rings. The van der Waals surface area contributed by atoms with Gasteiger partial charge in [-0.3, -0.25) is 14.4 Å². The Balaban J connectivity index is 1.46. The van der Waals surface area contributed by atoms with Crippen molar-refractivity contribution in [2.24, 2.45) is 0 Å². The predicted octanol–water partition coefficient (Wildman–Crippen LogP) is 3.64. The Bertz CT molecular complexity index is 912. The van der Waals surface area contributed by atoms with Crippen molar-refractivity contribution in [1.82, 2.24) is 0 Å². The molecule has 1 aliphatic heterocycles. The molecule has 0 aromatic heterocycles. The van der Waals surface area contributed by atoms with E-state index in [1.54, 1.807) is 42.5 Å². The highest BCUT2D eigenvalue weighted by atomic mass is 35.5. The Morgan fingerprint density at radius 2 is 1.72 bits per heavy atom. The van der Waals surface area contributed by atoms with Crippen LogP contribution in [-0.4, -0.2) is 37.0 Å². The van der Waals surface area contributed by atoms with Crippen LogP contribution in [0.3, 0.4) is 0 Å². The number of ether oxygens (including phenoxy) is 3. The van der Waals surface area contributed by atoms with E-state index in [1.807, 2.05) is 0 Å². The first-order valence-electron chi connectivity index (χ1n) is 9.11. The van der Waals surface area contributed by atoms with Crippen LogP contribution < -0.4 is 14.8 Å². The van der Waals surface area contributed by atoms with Gasteiger partial charge < -0.3 is 19.5 Å². The quantitative estimate of drug-likeness (QED) is 0.546. The number of hydrogen-bond donors (Lipinski definition) is 1. The molecule has 7 nitrogen and oxygen atoms in total. The van der Waals surface area contributed by atoms with Crippen LogP contribution in [0.15, 0.2) is 42.5 Å². The van der Waals surface area contributed by atoms with Crippen molar-refractivity contribution in [1.29, 1.82) is 0 Å². The maximum Gasteiger partial charge on any atom is 0.307 e. The molecule has 0 aliphatic carbocycles. The Labute approximate surface area is 172 Å². The summed E-state index contributed by atoms with van der Waals surface area (Å²) >= 11 is 5.80. The van der Waals surface area contributed by atoms with Gasteiger partial charge >= 0.3 is 5.97 Å². The van der Waals surface area contributed by atoms with Crippen molar-refractivity contribution in [2.75, 3.05) is 18.5 Å². The monoisotopic (exact) mass is 417 g/mol. The van der Waals surface area contributed by atoms with Gasteiger partial charge in [0.25, 0.3) is 5.91 Å². The second-order valence-electron chi connectivity index (χ2n) is 6.41. The normalized spacial score (nSPS) is 13.3. The molecule has 1 atom stereocenters. The summed E-state index contributed by atoms with van der Waals surface area (Å²) in [5.41, 5.74) is 0.965. The molecule has 1 unspecified atom stereocenters. The molecule has 0 saturated carbocycles. The van der Waals surface area contributed by atoms with Gasteiger partial charge in [-0.15, -0.1) is 0 Å². The second kappa shape index (κ2) is 9.43. The van der Waals surface area contributed by atoms with Crippen molar-refractivity contribution in [3.8, 4) is 11.5 Å². The molecule has 2 aromatic carbocycles. The van der Waals surface area contributed by atoms with Crippen LogP contribution >= 0.6 is 11.6 Å². The van der Waals surface area contributed by atoms with E-state index in [0.717, 1.165) is 0 Å². The third-order valence-electron chi connectivity index (χ3n) is 4.21. The lowest BCUT2D eigenvalue weighted by atomic mass is 10.1. The topological polar surface area (TPSA) is 90.9 Å². The Morgan fingerprint density at radius 1 is 1.03 bits per heavy atom. The number of halogens is 1. The molecule has 152 valence electrons. The molecule has 0 saturated heterocycles. The van der Waals surface area contributed by atoms with Crippen molar-refractivity contribution < 1.29 is 28.6 Å². The number of benzene rings is 2. The molecule has 2 aromatic rings. The summed E-state index contributed by atoms with van der Waals surface area (Å²) in [7, 11) is 0. The third kappa shape index (κ3) is 5.71. The lowest BCUT2D eigenvalue weighted by molar-refractivity contribution is -0.153. The van der Waals surface area contributed by atoms with Crippen LogP contribution in [-0.2, 0) is 14.3 Å². The summed E-state index contributed by atoms with van der Waals surface area (Å²) in [6.45, 7) is 2.36. The number of anilines is 1. The van der Waals surface area contributed by atoms with Gasteiger partial charge in [0, 0.05) is 22.7 Å². The fraction of sp³-hybridized carbons (Fsp3) is 0.286. The summed E-state index contributed by atoms with van der Waals surface area (Å²) in [5.74, 6) is -0.226. The summed E-state index contributed by atoms with van der Waals surface area (Å²) in [6.07, 6.45) is -1.17. The summed E-state index contributed by atoms with van der Waals surface area (Å²) in [6, 6.07) is 11.5. The first-order valence-corrected chi connectivity index (χ1v) is 9.49. The van der Waals surface area contributed by atoms with E-state index in [0.29, 0.717) is 41.0 Å². The fourth-order valence-electron chi connectivity index (χ4n) is 2.66. The van der Waals surface area contributed by atoms with Crippen LogP contribution in [0.5, 0.6) is 11.5 Å². The van der Waals surface area contributed by atoms with Crippen LogP contribution in [0, 0.1) is 0 Å². The lowest BCUT2D eigenvalue weighted by Crippen LogP contribution is -2.30. The number of Topliss-reactive ketones (excluding diaryl/α,β-unsaturated/α-hetero) is 1. The highest BCUT2D eigenvalue weighted by Gasteiger charge is 2.20. The van der Waals surface area contributed by atoms with E-state index in [4.69, 9.17) is 25.8 Å². The molecule has 1 amide bonds. The van der Waals surface area contributed by atoms with E-state index in [-0.39, 0.29) is 18.6 Å². The average Bonchev–Trinajstić information content (AvgIpc) is 2.73. The van der Waals surface area contributed by atoms with E-state index >= 15 is 0 Å². The molecule has 0 radical (unpaired) electrons. The molecule has 0 bridgehead atoms. The van der Waals surface area contributed by atoms with Gasteiger partial charge in [-0.2, -0.15) is 0 Å². The van der Waals surface area contributed by atoms with Crippen molar-refractivity contribution in [3.05, 3.63) is 53.1 Å². The number of carbonyl (C=O) groups excluding carboxylic acids is 3. The number of amides is 1. The summed E-state index contributed by atoms with van der Waals surface area (Å²) in [5, 5.41) is 3.17. The molecule has 8 heteroatoms. The molecule has 3 rings (SSSR count). The minimum atomic E-state index is -0.998. The molecular formula is C21H20ClNO6. The molecule has 29 heavy (non-hydrogen) atoms. The standard InChI is InChI=1S/C21H20ClNO6/c1-13(21(26)23-16-5-3-15(22)4-6-16)29-20(25)9-7-17(24)14-2-8-18-19(12-14)28-11-10-27-18/h2-6,8,12-13H,7,9-11H2,1H3,(H,23,26). The third-order valence-corrected chi connectivity index (χ3v) is 4.46. The van der Waals surface area contributed by atoms with Gasteiger partial charge in [0.15, 0.2) is 23.4 Å². The van der Waals surface area contributed by atoms with Gasteiger partial charge in [-0.25, -0.2) is 0 Å². The van der Waals surface area contributed by atoms with Crippen molar-refractivity contribution in [3.63, 3.8) is 0 Å². The number of fused-ring (bicyclic) bond motifs is 1. The zero-order valence-electron chi connectivity index (χ0n) is 15.8. The molecule has 1 heterocycles. The minimum absolute atomic E-state index is 0.0377. The van der Waals surface area contributed by atoms with E-state index in [9.17, 15) is 14.4 Å². The largest absolute Gasteiger partial charge is 0.486 e. The number of rotatable bonds is 7. The number of ketones is 1. The van der Waals surface area contributed by atoms with E-state index < -0.39 is 18.0 Å². The van der Waals surface area contributed by atoms with Crippen LogP contribution in [0.25, 0.3) is 0 Å². The Hall–Kier alpha value is -3.06. The van der Waals surface area contributed by atoms with Crippen LogP contribution in [0.4, 0.5) is 5.69 Å². The predicted molar refractivity (Wildman–Crippen MR) is 107 cm³/mol. The fourth-order valence-corrected chi connectivity index (χ4v) is 2.79. The minimum Gasteiger partial charge on any atom is -0.486 e. The van der Waals surface area contributed by atoms with Crippen molar-refractivity contribution >= 4 is 34.9 Å².